The van der Waals surface area contributed by atoms with E-state index in [1.54, 1.807) is 11.5 Å². The molecule has 10 nitrogen and oxygen atoms in total. The van der Waals surface area contributed by atoms with Crippen LogP contribution in [0.1, 0.15) is 24.9 Å². The first kappa shape index (κ1) is 19.2. The molecule has 152 valence electrons. The number of imidazole rings is 1. The summed E-state index contributed by atoms with van der Waals surface area (Å²) in [4.78, 5) is 14.9. The Bertz CT molecular complexity index is 866. The van der Waals surface area contributed by atoms with Gasteiger partial charge in [0.2, 0.25) is 0 Å². The van der Waals surface area contributed by atoms with Crippen LogP contribution in [0.4, 0.5) is 5.82 Å². The van der Waals surface area contributed by atoms with Crippen LogP contribution in [0.15, 0.2) is 18.5 Å². The molecule has 0 unspecified atom stereocenters. The predicted molar refractivity (Wildman–Crippen MR) is 103 cm³/mol. The summed E-state index contributed by atoms with van der Waals surface area (Å²) in [6, 6.07) is 0.484. The molecule has 1 saturated heterocycles. The zero-order valence-electron chi connectivity index (χ0n) is 15.8. The summed E-state index contributed by atoms with van der Waals surface area (Å²) in [7, 11) is 0. The third-order valence-electron chi connectivity index (χ3n) is 5.39. The molecule has 6 N–H and O–H groups in total. The Morgan fingerprint density at radius 1 is 1.29 bits per heavy atom. The van der Waals surface area contributed by atoms with Gasteiger partial charge in [0.15, 0.2) is 23.2 Å². The van der Waals surface area contributed by atoms with E-state index in [9.17, 15) is 10.2 Å². The van der Waals surface area contributed by atoms with Crippen LogP contribution in [0.5, 0.6) is 0 Å². The molecule has 2 aromatic rings. The molecule has 1 aliphatic heterocycles. The van der Waals surface area contributed by atoms with E-state index in [1.165, 1.54) is 6.33 Å². The van der Waals surface area contributed by atoms with Crippen LogP contribution in [-0.2, 0) is 4.74 Å². The average molecular weight is 389 g/mol. The first-order valence-electron chi connectivity index (χ1n) is 9.57. The van der Waals surface area contributed by atoms with Gasteiger partial charge in [-0.15, -0.1) is 0 Å². The number of ether oxygens (including phenoxy) is 1. The van der Waals surface area contributed by atoms with Crippen LogP contribution in [0, 0.1) is 6.92 Å². The van der Waals surface area contributed by atoms with Gasteiger partial charge in [0, 0.05) is 25.7 Å². The van der Waals surface area contributed by atoms with Crippen molar-refractivity contribution in [1.82, 2.24) is 24.4 Å². The van der Waals surface area contributed by atoms with E-state index in [1.807, 2.05) is 12.2 Å². The molecule has 0 bridgehead atoms. The Kier molecular flexibility index (Phi) is 5.30. The molecule has 4 rings (SSSR count). The highest BCUT2D eigenvalue weighted by Gasteiger charge is 2.46. The Morgan fingerprint density at radius 3 is 2.79 bits per heavy atom. The summed E-state index contributed by atoms with van der Waals surface area (Å²) in [6.45, 7) is 3.55. The van der Waals surface area contributed by atoms with Crippen LogP contribution in [-0.4, -0.2) is 78.6 Å². The van der Waals surface area contributed by atoms with Crippen LogP contribution in [0.2, 0.25) is 0 Å². The smallest absolute Gasteiger partial charge is 0.167 e. The van der Waals surface area contributed by atoms with E-state index in [-0.39, 0.29) is 5.82 Å². The second-order valence-electron chi connectivity index (χ2n) is 7.40. The third-order valence-corrected chi connectivity index (χ3v) is 5.39. The number of hydrogen-bond donors (Lipinski definition) is 4. The van der Waals surface area contributed by atoms with Crippen LogP contribution < -0.4 is 11.5 Å². The van der Waals surface area contributed by atoms with Gasteiger partial charge in [-0.2, -0.15) is 0 Å². The number of aliphatic hydroxyl groups excluding tert-OH is 2. The molecular formula is C18H27N7O3. The monoisotopic (exact) mass is 389 g/mol. The number of aromatic nitrogens is 4. The Hall–Kier alpha value is -2.11. The molecule has 2 aliphatic rings. The van der Waals surface area contributed by atoms with Crippen molar-refractivity contribution in [3.8, 4) is 0 Å². The normalized spacial score (nSPS) is 28.2. The SMILES string of the molecule is Cc1nc2c(N)ncnc2n1[C@@H]1O[C@H](CN(C/C=C\CN)C2CC2)[C@@H](O)[C@H]1O. The van der Waals surface area contributed by atoms with Crippen molar-refractivity contribution < 1.29 is 14.9 Å². The number of nitrogens with zero attached hydrogens (tertiary/aromatic N) is 5. The second kappa shape index (κ2) is 7.72. The molecule has 3 heterocycles. The van der Waals surface area contributed by atoms with Crippen molar-refractivity contribution in [2.45, 2.75) is 50.3 Å². The summed E-state index contributed by atoms with van der Waals surface area (Å²) in [6.07, 6.45) is 4.13. The van der Waals surface area contributed by atoms with Gasteiger partial charge in [-0.25, -0.2) is 15.0 Å². The molecule has 1 saturated carbocycles. The molecule has 2 fully saturated rings. The van der Waals surface area contributed by atoms with Gasteiger partial charge in [0.1, 0.15) is 30.5 Å². The van der Waals surface area contributed by atoms with Gasteiger partial charge >= 0.3 is 0 Å². The number of aryl methyl sites for hydroxylation is 1. The predicted octanol–water partition coefficient (Wildman–Crippen LogP) is -0.685. The first-order chi connectivity index (χ1) is 13.5. The lowest BCUT2D eigenvalue weighted by Gasteiger charge is -2.25. The minimum atomic E-state index is -1.10. The molecule has 10 heteroatoms. The van der Waals surface area contributed by atoms with Gasteiger partial charge in [-0.05, 0) is 19.8 Å². The quantitative estimate of drug-likeness (QED) is 0.452. The molecule has 28 heavy (non-hydrogen) atoms. The number of nitrogen functional groups attached to an aromatic ring is 1. The van der Waals surface area contributed by atoms with Crippen molar-refractivity contribution in [2.75, 3.05) is 25.4 Å². The highest BCUT2D eigenvalue weighted by molar-refractivity contribution is 5.81. The number of nitrogens with two attached hydrogens (primary N) is 2. The minimum Gasteiger partial charge on any atom is -0.387 e. The maximum Gasteiger partial charge on any atom is 0.167 e. The highest BCUT2D eigenvalue weighted by atomic mass is 16.6. The Morgan fingerprint density at radius 2 is 2.07 bits per heavy atom. The second-order valence-corrected chi connectivity index (χ2v) is 7.40. The largest absolute Gasteiger partial charge is 0.387 e. The summed E-state index contributed by atoms with van der Waals surface area (Å²) in [5.41, 5.74) is 12.3. The lowest BCUT2D eigenvalue weighted by Crippen LogP contribution is -2.41. The topological polar surface area (TPSA) is 149 Å². The number of hydrogen-bond acceptors (Lipinski definition) is 9. The zero-order valence-corrected chi connectivity index (χ0v) is 15.8. The van der Waals surface area contributed by atoms with Gasteiger partial charge in [-0.3, -0.25) is 9.47 Å². The Labute approximate surface area is 162 Å². The summed E-state index contributed by atoms with van der Waals surface area (Å²) < 4.78 is 7.78. The summed E-state index contributed by atoms with van der Waals surface area (Å²) >= 11 is 0. The van der Waals surface area contributed by atoms with Gasteiger partial charge in [-0.1, -0.05) is 12.2 Å². The Balaban J connectivity index is 1.56. The number of rotatable bonds is 7. The standard InChI is InChI=1S/C18H27N7O3/c1-10-23-13-16(20)21-9-22-17(13)25(10)18-15(27)14(26)12(28-18)8-24(11-4-5-11)7-3-2-6-19/h2-3,9,11-12,14-15,18,26-27H,4-8,19H2,1H3,(H2,20,21,22)/b3-2-/t12-,14-,15-,18-/m1/s1. The summed E-state index contributed by atoms with van der Waals surface area (Å²) in [5.74, 6) is 0.854. The van der Waals surface area contributed by atoms with Crippen molar-refractivity contribution in [3.05, 3.63) is 24.3 Å². The molecular weight excluding hydrogens is 362 g/mol. The lowest BCUT2D eigenvalue weighted by molar-refractivity contribution is -0.0448. The third kappa shape index (κ3) is 3.49. The molecule has 0 amide bonds. The molecule has 4 atom stereocenters. The van der Waals surface area contributed by atoms with Crippen LogP contribution in [0.3, 0.4) is 0 Å². The number of fused-ring (bicyclic) bond motifs is 1. The highest BCUT2D eigenvalue weighted by Crippen LogP contribution is 2.35. The maximum absolute atomic E-state index is 10.7. The van der Waals surface area contributed by atoms with E-state index in [0.29, 0.717) is 36.1 Å². The molecule has 0 aromatic carbocycles. The fourth-order valence-electron chi connectivity index (χ4n) is 3.78. The summed E-state index contributed by atoms with van der Waals surface area (Å²) in [5, 5.41) is 21.3. The molecule has 2 aromatic heterocycles. The van der Waals surface area contributed by atoms with Gasteiger partial charge in [0.05, 0.1) is 0 Å². The number of aliphatic hydroxyl groups is 2. The van der Waals surface area contributed by atoms with Gasteiger partial charge in [0.25, 0.3) is 0 Å². The lowest BCUT2D eigenvalue weighted by atomic mass is 10.1. The van der Waals surface area contributed by atoms with Crippen molar-refractivity contribution in [3.63, 3.8) is 0 Å². The van der Waals surface area contributed by atoms with E-state index < -0.39 is 24.5 Å². The van der Waals surface area contributed by atoms with E-state index >= 15 is 0 Å². The van der Waals surface area contributed by atoms with E-state index in [0.717, 1.165) is 19.4 Å². The van der Waals surface area contributed by atoms with Crippen molar-refractivity contribution in [2.24, 2.45) is 5.73 Å². The van der Waals surface area contributed by atoms with Crippen molar-refractivity contribution in [1.29, 1.82) is 0 Å². The van der Waals surface area contributed by atoms with Crippen LogP contribution >= 0.6 is 0 Å². The molecule has 1 aliphatic carbocycles. The maximum atomic E-state index is 10.7. The molecule has 0 radical (unpaired) electrons. The van der Waals surface area contributed by atoms with E-state index in [2.05, 4.69) is 19.9 Å². The van der Waals surface area contributed by atoms with Crippen LogP contribution in [0.25, 0.3) is 11.2 Å². The first-order valence-corrected chi connectivity index (χ1v) is 9.57. The molecule has 0 spiro atoms. The average Bonchev–Trinajstić information content (AvgIpc) is 3.41. The minimum absolute atomic E-state index is 0.267. The number of anilines is 1. The fraction of sp³-hybridized carbons (Fsp3) is 0.611. The van der Waals surface area contributed by atoms with Crippen molar-refractivity contribution >= 4 is 17.0 Å². The fourth-order valence-corrected chi connectivity index (χ4v) is 3.78. The van der Waals surface area contributed by atoms with Gasteiger partial charge < -0.3 is 26.4 Å². The van der Waals surface area contributed by atoms with E-state index in [4.69, 9.17) is 16.2 Å². The zero-order chi connectivity index (χ0) is 19.8.